The average molecular weight is 344 g/mol. The zero-order valence-corrected chi connectivity index (χ0v) is 13.7. The van der Waals surface area contributed by atoms with Crippen molar-refractivity contribution in [2.45, 2.75) is 32.1 Å². The highest BCUT2D eigenvalue weighted by Crippen LogP contribution is 2.39. The quantitative estimate of drug-likeness (QED) is 0.738. The van der Waals surface area contributed by atoms with Crippen molar-refractivity contribution in [3.63, 3.8) is 0 Å². The highest BCUT2D eigenvalue weighted by atomic mass is 19.4. The van der Waals surface area contributed by atoms with Gasteiger partial charge < -0.3 is 9.88 Å². The van der Waals surface area contributed by atoms with E-state index < -0.39 is 11.7 Å². The van der Waals surface area contributed by atoms with Crippen LogP contribution < -0.4 is 5.32 Å². The molecule has 0 saturated carbocycles. The van der Waals surface area contributed by atoms with E-state index in [0.717, 1.165) is 41.6 Å². The minimum atomic E-state index is -4.35. The minimum Gasteiger partial charge on any atom is -0.343 e. The number of aromatic nitrogens is 1. The number of aryl methyl sites for hydroxylation is 2. The van der Waals surface area contributed by atoms with Crippen LogP contribution in [0, 0.1) is 0 Å². The van der Waals surface area contributed by atoms with Crippen molar-refractivity contribution in [2.24, 2.45) is 0 Å². The van der Waals surface area contributed by atoms with Crippen LogP contribution in [0.15, 0.2) is 48.5 Å². The Labute approximate surface area is 144 Å². The van der Waals surface area contributed by atoms with Gasteiger partial charge in [0.25, 0.3) is 0 Å². The van der Waals surface area contributed by atoms with Gasteiger partial charge in [-0.25, -0.2) is 0 Å². The molecule has 0 saturated heterocycles. The fourth-order valence-electron chi connectivity index (χ4n) is 3.80. The number of rotatable bonds is 3. The first-order valence-electron chi connectivity index (χ1n) is 8.50. The number of hydrogen-bond acceptors (Lipinski definition) is 1. The molecule has 0 atom stereocenters. The van der Waals surface area contributed by atoms with Gasteiger partial charge in [0.05, 0.1) is 11.1 Å². The molecule has 2 aromatic carbocycles. The average Bonchev–Trinajstić information content (AvgIpc) is 2.94. The summed E-state index contributed by atoms with van der Waals surface area (Å²) in [5.74, 6) is 0. The Morgan fingerprint density at radius 3 is 2.56 bits per heavy atom. The molecule has 2 nitrogen and oxygen atoms in total. The molecule has 25 heavy (non-hydrogen) atoms. The SMILES string of the molecule is FC(F)(F)c1cccc2c3c(n(CCc4ccccc4)c12)CCNC3. The van der Waals surface area contributed by atoms with Gasteiger partial charge in [-0.3, -0.25) is 0 Å². The number of halogens is 3. The molecule has 0 unspecified atom stereocenters. The monoisotopic (exact) mass is 344 g/mol. The minimum absolute atomic E-state index is 0.333. The summed E-state index contributed by atoms with van der Waals surface area (Å²) in [6.45, 7) is 1.99. The number of benzene rings is 2. The predicted molar refractivity (Wildman–Crippen MR) is 92.5 cm³/mol. The van der Waals surface area contributed by atoms with Crippen molar-refractivity contribution < 1.29 is 13.2 Å². The number of alkyl halides is 3. The molecule has 1 N–H and O–H groups in total. The number of para-hydroxylation sites is 1. The van der Waals surface area contributed by atoms with E-state index in [1.165, 1.54) is 12.1 Å². The van der Waals surface area contributed by atoms with Gasteiger partial charge >= 0.3 is 6.18 Å². The van der Waals surface area contributed by atoms with Crippen LogP contribution >= 0.6 is 0 Å². The molecule has 0 bridgehead atoms. The summed E-state index contributed by atoms with van der Waals surface area (Å²) in [7, 11) is 0. The summed E-state index contributed by atoms with van der Waals surface area (Å²) in [4.78, 5) is 0. The van der Waals surface area contributed by atoms with Gasteiger partial charge in [-0.1, -0.05) is 42.5 Å². The molecule has 0 amide bonds. The molecule has 1 aliphatic heterocycles. The molecule has 1 aliphatic rings. The third-order valence-electron chi connectivity index (χ3n) is 4.92. The number of nitrogens with zero attached hydrogens (tertiary/aromatic N) is 1. The third-order valence-corrected chi connectivity index (χ3v) is 4.92. The Morgan fingerprint density at radius 2 is 1.80 bits per heavy atom. The van der Waals surface area contributed by atoms with Gasteiger partial charge in [0, 0.05) is 37.1 Å². The van der Waals surface area contributed by atoms with E-state index >= 15 is 0 Å². The third kappa shape index (κ3) is 2.93. The Morgan fingerprint density at radius 1 is 1.00 bits per heavy atom. The second-order valence-electron chi connectivity index (χ2n) is 6.44. The smallest absolute Gasteiger partial charge is 0.343 e. The Kier molecular flexibility index (Phi) is 4.04. The molecule has 0 spiro atoms. The normalized spacial score (nSPS) is 14.7. The highest BCUT2D eigenvalue weighted by molar-refractivity contribution is 5.89. The maximum Gasteiger partial charge on any atom is 0.418 e. The van der Waals surface area contributed by atoms with E-state index in [9.17, 15) is 13.2 Å². The van der Waals surface area contributed by atoms with Crippen molar-refractivity contribution in [3.05, 3.63) is 70.9 Å². The molecule has 3 aromatic rings. The largest absolute Gasteiger partial charge is 0.418 e. The zero-order chi connectivity index (χ0) is 17.4. The van der Waals surface area contributed by atoms with Gasteiger partial charge in [-0.15, -0.1) is 0 Å². The topological polar surface area (TPSA) is 17.0 Å². The first kappa shape index (κ1) is 16.2. The van der Waals surface area contributed by atoms with Crippen LogP contribution in [0.4, 0.5) is 13.2 Å². The molecule has 5 heteroatoms. The molecular weight excluding hydrogens is 325 g/mol. The Balaban J connectivity index is 1.86. The summed E-state index contributed by atoms with van der Waals surface area (Å²) in [5.41, 5.74) is 2.99. The van der Waals surface area contributed by atoms with Crippen molar-refractivity contribution in [2.75, 3.05) is 6.54 Å². The number of hydrogen-bond donors (Lipinski definition) is 1. The molecule has 0 fully saturated rings. The summed E-state index contributed by atoms with van der Waals surface area (Å²) in [6.07, 6.45) is -2.87. The van der Waals surface area contributed by atoms with Crippen molar-refractivity contribution in [1.82, 2.24) is 9.88 Å². The summed E-state index contributed by atoms with van der Waals surface area (Å²) >= 11 is 0. The zero-order valence-electron chi connectivity index (χ0n) is 13.7. The summed E-state index contributed by atoms with van der Waals surface area (Å²) < 4.78 is 42.7. The first-order chi connectivity index (χ1) is 12.1. The number of nitrogens with one attached hydrogen (secondary N) is 1. The van der Waals surface area contributed by atoms with Crippen molar-refractivity contribution >= 4 is 10.9 Å². The van der Waals surface area contributed by atoms with Gasteiger partial charge in [0.15, 0.2) is 0 Å². The van der Waals surface area contributed by atoms with Gasteiger partial charge in [-0.05, 0) is 23.6 Å². The lowest BCUT2D eigenvalue weighted by Crippen LogP contribution is -2.25. The molecule has 2 heterocycles. The standard InChI is InChI=1S/C20H19F3N2/c21-20(22,23)17-8-4-7-15-16-13-24-11-9-18(16)25(19(15)17)12-10-14-5-2-1-3-6-14/h1-8,24H,9-13H2. The first-order valence-corrected chi connectivity index (χ1v) is 8.50. The van der Waals surface area contributed by atoms with Gasteiger partial charge in [0.1, 0.15) is 0 Å². The highest BCUT2D eigenvalue weighted by Gasteiger charge is 2.35. The van der Waals surface area contributed by atoms with Crippen molar-refractivity contribution in [1.29, 1.82) is 0 Å². The van der Waals surface area contributed by atoms with E-state index in [4.69, 9.17) is 0 Å². The Hall–Kier alpha value is -2.27. The second kappa shape index (κ2) is 6.23. The fourth-order valence-corrected chi connectivity index (χ4v) is 3.80. The van der Waals surface area contributed by atoms with Crippen LogP contribution in [0.5, 0.6) is 0 Å². The van der Waals surface area contributed by atoms with E-state index in [1.54, 1.807) is 0 Å². The Bertz CT molecular complexity index is 895. The van der Waals surface area contributed by atoms with Gasteiger partial charge in [0.2, 0.25) is 0 Å². The van der Waals surface area contributed by atoms with Crippen LogP contribution in [0.1, 0.15) is 22.4 Å². The molecule has 1 aromatic heterocycles. The fraction of sp³-hybridized carbons (Fsp3) is 0.300. The van der Waals surface area contributed by atoms with E-state index in [2.05, 4.69) is 5.32 Å². The maximum absolute atomic E-state index is 13.6. The summed E-state index contributed by atoms with van der Waals surface area (Å²) in [6, 6.07) is 14.4. The van der Waals surface area contributed by atoms with E-state index in [-0.39, 0.29) is 0 Å². The lowest BCUT2D eigenvalue weighted by molar-refractivity contribution is -0.136. The van der Waals surface area contributed by atoms with Crippen molar-refractivity contribution in [3.8, 4) is 0 Å². The van der Waals surface area contributed by atoms with Crippen LogP contribution in [0.25, 0.3) is 10.9 Å². The van der Waals surface area contributed by atoms with Crippen LogP contribution in [-0.2, 0) is 32.1 Å². The molecule has 4 rings (SSSR count). The molecule has 0 radical (unpaired) electrons. The van der Waals surface area contributed by atoms with Crippen LogP contribution in [0.3, 0.4) is 0 Å². The number of fused-ring (bicyclic) bond motifs is 3. The van der Waals surface area contributed by atoms with E-state index in [1.807, 2.05) is 41.0 Å². The maximum atomic E-state index is 13.6. The predicted octanol–water partition coefficient (Wildman–Crippen LogP) is 4.55. The van der Waals surface area contributed by atoms with Gasteiger partial charge in [-0.2, -0.15) is 13.2 Å². The van der Waals surface area contributed by atoms with Crippen LogP contribution in [-0.4, -0.2) is 11.1 Å². The van der Waals surface area contributed by atoms with E-state index in [0.29, 0.717) is 18.6 Å². The molecule has 130 valence electrons. The van der Waals surface area contributed by atoms with Crippen LogP contribution in [0.2, 0.25) is 0 Å². The summed E-state index contributed by atoms with van der Waals surface area (Å²) in [5, 5.41) is 4.01. The molecular formula is C20H19F3N2. The lowest BCUT2D eigenvalue weighted by Gasteiger charge is -2.18. The second-order valence-corrected chi connectivity index (χ2v) is 6.44. The lowest BCUT2D eigenvalue weighted by atomic mass is 10.0. The molecule has 0 aliphatic carbocycles.